The molecule has 38 heavy (non-hydrogen) atoms. The Labute approximate surface area is 220 Å². The number of pyridine rings is 2. The van der Waals surface area contributed by atoms with E-state index in [9.17, 15) is 14.0 Å². The molecule has 192 valence electrons. The smallest absolute Gasteiger partial charge is 0.237 e. The molecule has 2 aliphatic rings. The maximum Gasteiger partial charge on any atom is 0.237 e. The number of rotatable bonds is 6. The number of amides is 2. The van der Waals surface area contributed by atoms with Gasteiger partial charge in [0.1, 0.15) is 11.6 Å². The van der Waals surface area contributed by atoms with Crippen molar-refractivity contribution in [1.29, 1.82) is 0 Å². The zero-order chi connectivity index (χ0) is 26.4. The Balaban J connectivity index is 1.29. The van der Waals surface area contributed by atoms with E-state index in [0.717, 1.165) is 38.7 Å². The van der Waals surface area contributed by atoms with Crippen LogP contribution in [0, 0.1) is 5.82 Å². The highest BCUT2D eigenvalue weighted by atomic mass is 19.1. The second kappa shape index (κ2) is 9.29. The molecule has 0 unspecified atom stereocenters. The van der Waals surface area contributed by atoms with Crippen LogP contribution >= 0.6 is 0 Å². The Morgan fingerprint density at radius 3 is 2.58 bits per heavy atom. The summed E-state index contributed by atoms with van der Waals surface area (Å²) in [5.74, 6) is 0.272. The van der Waals surface area contributed by atoms with Crippen molar-refractivity contribution in [1.82, 2.24) is 19.8 Å². The van der Waals surface area contributed by atoms with Gasteiger partial charge in [-0.15, -0.1) is 0 Å². The lowest BCUT2D eigenvalue weighted by atomic mass is 9.79. The molecule has 1 aliphatic heterocycles. The van der Waals surface area contributed by atoms with E-state index in [2.05, 4.69) is 28.5 Å². The average Bonchev–Trinajstić information content (AvgIpc) is 3.38. The minimum Gasteiger partial charge on any atom is -0.333 e. The van der Waals surface area contributed by atoms with E-state index in [1.54, 1.807) is 23.4 Å². The first-order chi connectivity index (χ1) is 18.3. The van der Waals surface area contributed by atoms with Gasteiger partial charge in [-0.25, -0.2) is 9.37 Å². The first-order valence-electron chi connectivity index (χ1n) is 12.6. The van der Waals surface area contributed by atoms with Gasteiger partial charge >= 0.3 is 0 Å². The molecule has 1 spiro atoms. The third kappa shape index (κ3) is 4.31. The topological polar surface area (TPSA) is 78.4 Å². The molecule has 2 amide bonds. The summed E-state index contributed by atoms with van der Waals surface area (Å²) in [6.07, 6.45) is 4.72. The number of halogens is 1. The van der Waals surface area contributed by atoms with Crippen LogP contribution in [0.15, 0.2) is 67.0 Å². The van der Waals surface area contributed by atoms with Gasteiger partial charge in [-0.2, -0.15) is 0 Å². The maximum atomic E-state index is 13.8. The summed E-state index contributed by atoms with van der Waals surface area (Å²) in [6, 6.07) is 16.5. The lowest BCUT2D eigenvalue weighted by Gasteiger charge is -2.25. The number of aromatic nitrogens is 2. The molecule has 2 aromatic carbocycles. The molecular weight excluding hydrogens is 481 g/mol. The highest BCUT2D eigenvalue weighted by molar-refractivity contribution is 6.06. The van der Waals surface area contributed by atoms with E-state index in [1.807, 2.05) is 37.2 Å². The molecule has 1 atom stereocenters. The summed E-state index contributed by atoms with van der Waals surface area (Å²) in [4.78, 5) is 38.8. The second-order valence-electron chi connectivity index (χ2n) is 10.6. The largest absolute Gasteiger partial charge is 0.333 e. The van der Waals surface area contributed by atoms with Gasteiger partial charge in [0.2, 0.25) is 11.8 Å². The monoisotopic (exact) mass is 509 g/mol. The molecule has 1 N–H and O–H groups in total. The number of fused-ring (bicyclic) bond motifs is 4. The predicted molar refractivity (Wildman–Crippen MR) is 143 cm³/mol. The first kappa shape index (κ1) is 24.2. The van der Waals surface area contributed by atoms with Crippen molar-refractivity contribution in [3.05, 3.63) is 101 Å². The first-order valence-corrected chi connectivity index (χ1v) is 12.6. The second-order valence-corrected chi connectivity index (χ2v) is 10.6. The quantitative estimate of drug-likeness (QED) is 0.427. The molecule has 0 saturated carbocycles. The van der Waals surface area contributed by atoms with E-state index in [0.29, 0.717) is 31.7 Å². The van der Waals surface area contributed by atoms with E-state index >= 15 is 0 Å². The fraction of sp³-hybridized carbons (Fsp3) is 0.267. The summed E-state index contributed by atoms with van der Waals surface area (Å²) >= 11 is 0. The van der Waals surface area contributed by atoms with Crippen molar-refractivity contribution in [2.75, 3.05) is 26.0 Å². The summed E-state index contributed by atoms with van der Waals surface area (Å²) in [6.45, 7) is 0.913. The summed E-state index contributed by atoms with van der Waals surface area (Å²) < 4.78 is 13.8. The highest BCUT2D eigenvalue weighted by Crippen LogP contribution is 2.47. The van der Waals surface area contributed by atoms with Crippen LogP contribution in [0.25, 0.3) is 10.9 Å². The van der Waals surface area contributed by atoms with Crippen molar-refractivity contribution in [2.45, 2.75) is 31.3 Å². The molecule has 0 fully saturated rings. The van der Waals surface area contributed by atoms with Crippen LogP contribution in [0.1, 0.15) is 27.8 Å². The molecule has 7 nitrogen and oxygen atoms in total. The molecule has 2 aromatic heterocycles. The fourth-order valence-corrected chi connectivity index (χ4v) is 5.71. The Morgan fingerprint density at radius 1 is 1.00 bits per heavy atom. The molecule has 0 bridgehead atoms. The molecule has 8 heteroatoms. The molecule has 0 saturated heterocycles. The van der Waals surface area contributed by atoms with E-state index in [4.69, 9.17) is 4.98 Å². The lowest BCUT2D eigenvalue weighted by molar-refractivity contribution is -0.133. The van der Waals surface area contributed by atoms with Gasteiger partial charge in [-0.3, -0.25) is 14.6 Å². The fourth-order valence-electron chi connectivity index (χ4n) is 5.71. The Bertz CT molecular complexity index is 1590. The van der Waals surface area contributed by atoms with Crippen molar-refractivity contribution in [3.63, 3.8) is 0 Å². The van der Waals surface area contributed by atoms with Crippen LogP contribution in [0.3, 0.4) is 0 Å². The van der Waals surface area contributed by atoms with Crippen LogP contribution in [0.5, 0.6) is 0 Å². The number of nitrogens with zero attached hydrogens (tertiary/aromatic N) is 4. The van der Waals surface area contributed by atoms with Crippen molar-refractivity contribution >= 4 is 28.5 Å². The number of likely N-dealkylation sites (N-methyl/N-ethyl adjacent to an activating group) is 1. The van der Waals surface area contributed by atoms with Crippen LogP contribution < -0.4 is 5.32 Å². The van der Waals surface area contributed by atoms with E-state index in [-0.39, 0.29) is 24.2 Å². The summed E-state index contributed by atoms with van der Waals surface area (Å²) in [5.41, 5.74) is 5.05. The molecule has 4 aromatic rings. The SMILES string of the molecule is CN(C)CC(=O)N(Cc1cccc(F)c1)Cc1cnc2cc3c(cc2c1)C[C@@]1(C3)C(=O)Nc2ncccc21. The number of nitrogens with one attached hydrogen (secondary N) is 1. The number of carbonyl (C=O) groups excluding carboxylic acids is 2. The van der Waals surface area contributed by atoms with Gasteiger partial charge in [0.15, 0.2) is 0 Å². The average molecular weight is 510 g/mol. The number of hydrogen-bond donors (Lipinski definition) is 1. The van der Waals surface area contributed by atoms with Crippen molar-refractivity contribution in [3.8, 4) is 0 Å². The highest BCUT2D eigenvalue weighted by Gasteiger charge is 2.51. The van der Waals surface area contributed by atoms with Gasteiger partial charge in [-0.05, 0) is 85.6 Å². The van der Waals surface area contributed by atoms with Gasteiger partial charge in [-0.1, -0.05) is 18.2 Å². The maximum absolute atomic E-state index is 13.8. The van der Waals surface area contributed by atoms with Gasteiger partial charge in [0.25, 0.3) is 0 Å². The normalized spacial score (nSPS) is 17.6. The number of hydrogen-bond acceptors (Lipinski definition) is 5. The third-order valence-electron chi connectivity index (χ3n) is 7.47. The molecular formula is C30H28FN5O2. The molecule has 3 heterocycles. The van der Waals surface area contributed by atoms with Crippen molar-refractivity contribution < 1.29 is 14.0 Å². The van der Waals surface area contributed by atoms with E-state index in [1.165, 1.54) is 12.1 Å². The van der Waals surface area contributed by atoms with Gasteiger partial charge < -0.3 is 15.1 Å². The van der Waals surface area contributed by atoms with Gasteiger partial charge in [0.05, 0.1) is 17.5 Å². The minimum atomic E-state index is -0.632. The summed E-state index contributed by atoms with van der Waals surface area (Å²) in [7, 11) is 3.70. The van der Waals surface area contributed by atoms with Crippen LogP contribution in [0.2, 0.25) is 0 Å². The number of anilines is 1. The van der Waals surface area contributed by atoms with Crippen LogP contribution in [-0.4, -0.2) is 52.2 Å². The summed E-state index contributed by atoms with van der Waals surface area (Å²) in [5, 5.41) is 3.92. The lowest BCUT2D eigenvalue weighted by Crippen LogP contribution is -2.37. The Kier molecular flexibility index (Phi) is 5.91. The molecule has 6 rings (SSSR count). The minimum absolute atomic E-state index is 0.00695. The zero-order valence-corrected chi connectivity index (χ0v) is 21.4. The van der Waals surface area contributed by atoms with Crippen LogP contribution in [-0.2, 0) is 40.9 Å². The Morgan fingerprint density at radius 2 is 1.79 bits per heavy atom. The third-order valence-corrected chi connectivity index (χ3v) is 7.47. The Hall–Kier alpha value is -4.17. The molecule has 1 aliphatic carbocycles. The predicted octanol–water partition coefficient (Wildman–Crippen LogP) is 3.85. The van der Waals surface area contributed by atoms with Crippen molar-refractivity contribution in [2.24, 2.45) is 0 Å². The van der Waals surface area contributed by atoms with Crippen LogP contribution in [0.4, 0.5) is 10.2 Å². The number of benzene rings is 2. The number of carbonyl (C=O) groups is 2. The standard InChI is InChI=1S/C30H28FN5O2/c1-35(2)18-27(37)36(16-19-5-3-6-24(31)10-19)17-20-9-21-11-22-13-30(14-23(22)12-26(21)33-15-20)25-7-4-8-32-28(25)34-29(30)38/h3-12,15H,13-14,16-18H2,1-2H3,(H,32,34,38)/t30-/m0/s1. The van der Waals surface area contributed by atoms with E-state index < -0.39 is 5.41 Å². The molecule has 0 radical (unpaired) electrons. The van der Waals surface area contributed by atoms with Gasteiger partial charge in [0, 0.05) is 36.4 Å². The zero-order valence-electron chi connectivity index (χ0n) is 21.4.